The molecular formula is C27H30O16. The summed E-state index contributed by atoms with van der Waals surface area (Å²) >= 11 is 0. The zero-order valence-electron chi connectivity index (χ0n) is 22.0. The molecule has 2 heterocycles. The summed E-state index contributed by atoms with van der Waals surface area (Å²) in [6.45, 7) is -1.68. The molecule has 1 aliphatic carbocycles. The van der Waals surface area contributed by atoms with Gasteiger partial charge in [0, 0.05) is 11.1 Å². The zero-order chi connectivity index (χ0) is 31.5. The van der Waals surface area contributed by atoms with E-state index in [4.69, 9.17) is 14.2 Å². The van der Waals surface area contributed by atoms with E-state index in [1.54, 1.807) is 0 Å². The van der Waals surface area contributed by atoms with Crippen LogP contribution in [-0.2, 0) is 15.1 Å². The fourth-order valence-corrected chi connectivity index (χ4v) is 5.78. The maximum Gasteiger partial charge on any atom is 0.335 e. The molecule has 2 fully saturated rings. The monoisotopic (exact) mass is 610 g/mol. The number of ether oxygens (including phenoxy) is 3. The van der Waals surface area contributed by atoms with Gasteiger partial charge in [-0.05, 0) is 18.2 Å². The van der Waals surface area contributed by atoms with Gasteiger partial charge in [-0.2, -0.15) is 0 Å². The first-order chi connectivity index (χ1) is 20.3. The quantitative estimate of drug-likeness (QED) is 0.148. The number of phenols is 1. The molecule has 43 heavy (non-hydrogen) atoms. The van der Waals surface area contributed by atoms with E-state index in [1.165, 1.54) is 18.2 Å². The Kier molecular flexibility index (Phi) is 8.22. The van der Waals surface area contributed by atoms with E-state index in [0.717, 1.165) is 12.1 Å². The Balaban J connectivity index is 1.71. The van der Waals surface area contributed by atoms with Gasteiger partial charge in [-0.15, -0.1) is 0 Å². The van der Waals surface area contributed by atoms with E-state index in [-0.39, 0.29) is 0 Å². The third-order valence-electron chi connectivity index (χ3n) is 8.06. The van der Waals surface area contributed by atoms with Crippen LogP contribution in [0.1, 0.15) is 37.4 Å². The Morgan fingerprint density at radius 1 is 0.814 bits per heavy atom. The minimum absolute atomic E-state index is 0.404. The van der Waals surface area contributed by atoms with Crippen molar-refractivity contribution in [3.8, 4) is 11.5 Å². The summed E-state index contributed by atoms with van der Waals surface area (Å²) in [5.41, 5.74) is -5.48. The van der Waals surface area contributed by atoms with Gasteiger partial charge in [-0.1, -0.05) is 12.1 Å². The number of phenolic OH excluding ortho intramolecular Hbond substituents is 1. The number of aliphatic hydroxyl groups is 9. The van der Waals surface area contributed by atoms with Crippen LogP contribution in [0.25, 0.3) is 0 Å². The van der Waals surface area contributed by atoms with Gasteiger partial charge in [0.05, 0.1) is 29.9 Å². The number of ketones is 1. The van der Waals surface area contributed by atoms with Crippen LogP contribution >= 0.6 is 0 Å². The highest BCUT2D eigenvalue weighted by Gasteiger charge is 2.58. The van der Waals surface area contributed by atoms with Gasteiger partial charge in [-0.3, -0.25) is 4.79 Å². The third-order valence-corrected chi connectivity index (χ3v) is 8.06. The number of carboxylic acid groups (broad SMARTS) is 1. The van der Waals surface area contributed by atoms with Crippen LogP contribution in [0.2, 0.25) is 0 Å². The molecule has 11 atom stereocenters. The lowest BCUT2D eigenvalue weighted by atomic mass is 9.68. The van der Waals surface area contributed by atoms with Crippen LogP contribution in [0.4, 0.5) is 0 Å². The Morgan fingerprint density at radius 2 is 1.42 bits per heavy atom. The molecule has 0 aromatic heterocycles. The van der Waals surface area contributed by atoms with Gasteiger partial charge in [0.2, 0.25) is 12.1 Å². The number of hydrogen-bond acceptors (Lipinski definition) is 15. The highest BCUT2D eigenvalue weighted by molar-refractivity contribution is 6.16. The van der Waals surface area contributed by atoms with Crippen LogP contribution in [-0.4, -0.2) is 142 Å². The van der Waals surface area contributed by atoms with E-state index in [9.17, 15) is 65.8 Å². The normalized spacial score (nSPS) is 37.4. The van der Waals surface area contributed by atoms with Crippen molar-refractivity contribution in [3.05, 3.63) is 58.1 Å². The fraction of sp³-hybridized carbons (Fsp3) is 0.481. The molecule has 2 aromatic rings. The number of aromatic hydroxyl groups is 1. The highest BCUT2D eigenvalue weighted by Crippen LogP contribution is 2.50. The van der Waals surface area contributed by atoms with Crippen molar-refractivity contribution in [2.24, 2.45) is 0 Å². The first kappa shape index (κ1) is 31.2. The van der Waals surface area contributed by atoms with E-state index in [2.05, 4.69) is 0 Å². The van der Waals surface area contributed by atoms with Gasteiger partial charge in [0.25, 0.3) is 0 Å². The number of hydrogen-bond donors (Lipinski definition) is 11. The molecule has 16 heteroatoms. The van der Waals surface area contributed by atoms with Crippen LogP contribution < -0.4 is 4.74 Å². The Hall–Kier alpha value is -3.26. The van der Waals surface area contributed by atoms with E-state index in [1.807, 2.05) is 0 Å². The molecule has 0 saturated carbocycles. The van der Waals surface area contributed by atoms with Crippen molar-refractivity contribution in [1.82, 2.24) is 0 Å². The lowest BCUT2D eigenvalue weighted by Crippen LogP contribution is -2.65. The largest absolute Gasteiger partial charge is 0.507 e. The summed E-state index contributed by atoms with van der Waals surface area (Å²) < 4.78 is 16.7. The predicted octanol–water partition coefficient (Wildman–Crippen LogP) is -4.11. The van der Waals surface area contributed by atoms with Crippen molar-refractivity contribution in [1.29, 1.82) is 0 Å². The van der Waals surface area contributed by atoms with Crippen molar-refractivity contribution in [2.45, 2.75) is 66.8 Å². The molecule has 0 unspecified atom stereocenters. The van der Waals surface area contributed by atoms with Gasteiger partial charge < -0.3 is 70.4 Å². The maximum absolute atomic E-state index is 13.9. The average Bonchev–Trinajstić information content (AvgIpc) is 2.98. The molecule has 2 aliphatic heterocycles. The summed E-state index contributed by atoms with van der Waals surface area (Å²) in [5, 5.41) is 115. The summed E-state index contributed by atoms with van der Waals surface area (Å²) in [5.74, 6) is -3.93. The van der Waals surface area contributed by atoms with Gasteiger partial charge in [0.1, 0.15) is 72.0 Å². The number of rotatable bonds is 6. The Morgan fingerprint density at radius 3 is 2.02 bits per heavy atom. The topological polar surface area (TPSA) is 284 Å². The highest BCUT2D eigenvalue weighted by atomic mass is 16.7. The first-order valence-corrected chi connectivity index (χ1v) is 13.1. The minimum Gasteiger partial charge on any atom is -0.507 e. The SMILES string of the molecule is O=C(O)c1cc(O)c2c(c1)[C@@](O)([C@@H]1O[C@H](CO)[C@@H](O)[C@H](O)[C@H]1O)c1cccc(O[C@@H]3O[C@H](CO)[C@@H](O)[C@H](O)[C@H]3O)c1C2=O. The van der Waals surface area contributed by atoms with Crippen molar-refractivity contribution in [2.75, 3.05) is 13.2 Å². The summed E-state index contributed by atoms with van der Waals surface area (Å²) in [4.78, 5) is 25.8. The van der Waals surface area contributed by atoms with E-state index < -0.39 is 131 Å². The molecule has 0 radical (unpaired) electrons. The lowest BCUT2D eigenvalue weighted by Gasteiger charge is -2.49. The summed E-state index contributed by atoms with van der Waals surface area (Å²) in [6.07, 6.45) is -18.2. The lowest BCUT2D eigenvalue weighted by molar-refractivity contribution is -0.277. The molecule has 3 aliphatic rings. The standard InChI is InChI=1S/C27H30O16/c28-6-13-17(31)20(34)22(36)24(41-13)27(40)9-2-1-3-12(42-26-23(37)21(35)18(32)14(7-29)43-26)16(9)19(33)15-10(27)4-8(25(38)39)5-11(15)30/h1-5,13-14,17-18,20-24,26,28-32,34-37,40H,6-7H2,(H,38,39)/t13-,14-,17-,18-,20+,21+,22-,23-,24-,26-,27-/m1/s1. The number of aromatic carboxylic acids is 1. The van der Waals surface area contributed by atoms with E-state index >= 15 is 0 Å². The second kappa shape index (κ2) is 11.3. The number of benzene rings is 2. The van der Waals surface area contributed by atoms with Crippen molar-refractivity contribution >= 4 is 11.8 Å². The second-order valence-corrected chi connectivity index (χ2v) is 10.6. The zero-order valence-corrected chi connectivity index (χ0v) is 22.0. The molecule has 2 saturated heterocycles. The van der Waals surface area contributed by atoms with Crippen LogP contribution in [0.15, 0.2) is 30.3 Å². The summed E-state index contributed by atoms with van der Waals surface area (Å²) in [6, 6.07) is 5.18. The molecule has 0 amide bonds. The van der Waals surface area contributed by atoms with Crippen LogP contribution in [0.5, 0.6) is 11.5 Å². The molecule has 11 N–H and O–H groups in total. The van der Waals surface area contributed by atoms with Gasteiger partial charge in [0.15, 0.2) is 0 Å². The van der Waals surface area contributed by atoms with E-state index in [0.29, 0.717) is 0 Å². The van der Waals surface area contributed by atoms with Crippen molar-refractivity contribution in [3.63, 3.8) is 0 Å². The number of carbonyl (C=O) groups excluding carboxylic acids is 1. The smallest absolute Gasteiger partial charge is 0.335 e. The number of carbonyl (C=O) groups is 2. The molecule has 5 rings (SSSR count). The molecule has 0 spiro atoms. The molecule has 16 nitrogen and oxygen atoms in total. The molecule has 234 valence electrons. The number of aliphatic hydroxyl groups excluding tert-OH is 8. The van der Waals surface area contributed by atoms with Crippen LogP contribution in [0, 0.1) is 0 Å². The molecule has 2 aromatic carbocycles. The summed E-state index contributed by atoms with van der Waals surface area (Å²) in [7, 11) is 0. The maximum atomic E-state index is 13.9. The molecule has 0 bridgehead atoms. The first-order valence-electron chi connectivity index (χ1n) is 13.1. The molecular weight excluding hydrogens is 580 g/mol. The third kappa shape index (κ3) is 4.77. The Labute approximate surface area is 241 Å². The van der Waals surface area contributed by atoms with Crippen molar-refractivity contribution < 1.29 is 80.0 Å². The van der Waals surface area contributed by atoms with Gasteiger partial charge >= 0.3 is 5.97 Å². The number of fused-ring (bicyclic) bond motifs is 2. The Bertz CT molecular complexity index is 1410. The number of carboxylic acids is 1. The minimum atomic E-state index is -2.77. The average molecular weight is 611 g/mol. The predicted molar refractivity (Wildman–Crippen MR) is 136 cm³/mol. The van der Waals surface area contributed by atoms with Crippen LogP contribution in [0.3, 0.4) is 0 Å². The second-order valence-electron chi connectivity index (χ2n) is 10.6. The van der Waals surface area contributed by atoms with Gasteiger partial charge in [-0.25, -0.2) is 4.79 Å². The fourth-order valence-electron chi connectivity index (χ4n) is 5.78.